The minimum Gasteiger partial charge on any atom is -0.497 e. The van der Waals surface area contributed by atoms with Gasteiger partial charge in [0.25, 0.3) is 0 Å². The first-order valence-electron chi connectivity index (χ1n) is 16.0. The SMILES string of the molecule is CN(C)c1ccccc1.COC(=O)C1CC=CCC1C(=O)OC.COCCCCOC.COc1ccc(Cc2ccc(OC)cc2)cc1. The summed E-state index contributed by atoms with van der Waals surface area (Å²) in [6.45, 7) is 1.70. The summed E-state index contributed by atoms with van der Waals surface area (Å²) in [7, 11) is 13.5. The average molecular weight is 666 g/mol. The monoisotopic (exact) mass is 665 g/mol. The summed E-state index contributed by atoms with van der Waals surface area (Å²) in [5, 5.41) is 0. The Labute approximate surface area is 287 Å². The molecule has 0 heterocycles. The van der Waals surface area contributed by atoms with Gasteiger partial charge in [0, 0.05) is 47.2 Å². The van der Waals surface area contributed by atoms with Crippen molar-refractivity contribution in [1.29, 1.82) is 0 Å². The number of carbonyl (C=O) groups excluding carboxylic acids is 2. The van der Waals surface area contributed by atoms with Gasteiger partial charge in [0.2, 0.25) is 0 Å². The second kappa shape index (κ2) is 25.7. The van der Waals surface area contributed by atoms with E-state index in [4.69, 9.17) is 18.9 Å². The molecule has 48 heavy (non-hydrogen) atoms. The van der Waals surface area contributed by atoms with Crippen LogP contribution < -0.4 is 14.4 Å². The fourth-order valence-electron chi connectivity index (χ4n) is 4.58. The van der Waals surface area contributed by atoms with Gasteiger partial charge in [-0.1, -0.05) is 54.6 Å². The number of nitrogens with zero attached hydrogens (tertiary/aromatic N) is 1. The van der Waals surface area contributed by atoms with Crippen LogP contribution in [0.25, 0.3) is 0 Å². The standard InChI is InChI=1S/C15H16O2.C10H14O4.C8H11N.C6H14O2/c1-16-14-7-3-12(4-8-14)11-13-5-9-15(17-2)10-6-13;1-13-9(11)7-5-3-4-6-8(7)10(12)14-2;1-9(2)8-6-4-3-5-7-8;1-7-5-3-4-6-8-2/h3-10H,11H2,1-2H3;3-4,7-8H,5-6H2,1-2H3;3-7H,1-2H3;3-6H2,1-2H3. The average Bonchev–Trinajstić information content (AvgIpc) is 3.14. The number of anilines is 1. The van der Waals surface area contributed by atoms with E-state index in [0.717, 1.165) is 44.0 Å². The van der Waals surface area contributed by atoms with Crippen molar-refractivity contribution in [3.05, 3.63) is 102 Å². The number of hydrogen-bond donors (Lipinski definition) is 0. The van der Waals surface area contributed by atoms with Gasteiger partial charge in [0.15, 0.2) is 0 Å². The Kier molecular flexibility index (Phi) is 22.3. The molecule has 0 saturated carbocycles. The van der Waals surface area contributed by atoms with Crippen LogP contribution in [0.2, 0.25) is 0 Å². The van der Waals surface area contributed by atoms with E-state index in [1.165, 1.54) is 31.0 Å². The molecule has 0 radical (unpaired) electrons. The van der Waals surface area contributed by atoms with Gasteiger partial charge >= 0.3 is 11.9 Å². The van der Waals surface area contributed by atoms with Crippen molar-refractivity contribution < 1.29 is 38.0 Å². The van der Waals surface area contributed by atoms with Crippen LogP contribution in [0.5, 0.6) is 11.5 Å². The minimum atomic E-state index is -0.391. The van der Waals surface area contributed by atoms with Gasteiger partial charge < -0.3 is 33.3 Å². The highest BCUT2D eigenvalue weighted by Crippen LogP contribution is 2.27. The molecular weight excluding hydrogens is 610 g/mol. The van der Waals surface area contributed by atoms with Crippen molar-refractivity contribution >= 4 is 17.6 Å². The van der Waals surface area contributed by atoms with Crippen LogP contribution >= 0.6 is 0 Å². The molecule has 4 rings (SSSR count). The number of esters is 2. The molecule has 264 valence electrons. The van der Waals surface area contributed by atoms with Crippen molar-refractivity contribution in [2.45, 2.75) is 32.1 Å². The highest BCUT2D eigenvalue weighted by Gasteiger charge is 2.35. The highest BCUT2D eigenvalue weighted by atomic mass is 16.5. The third kappa shape index (κ3) is 17.0. The van der Waals surface area contributed by atoms with Gasteiger partial charge in [-0.05, 0) is 79.6 Å². The van der Waals surface area contributed by atoms with Crippen LogP contribution in [0.3, 0.4) is 0 Å². The van der Waals surface area contributed by atoms with Crippen LogP contribution in [0.15, 0.2) is 91.0 Å². The number of benzene rings is 3. The number of allylic oxidation sites excluding steroid dienone is 2. The van der Waals surface area contributed by atoms with E-state index in [0.29, 0.717) is 12.8 Å². The number of para-hydroxylation sites is 1. The first-order chi connectivity index (χ1) is 23.2. The first-order valence-corrected chi connectivity index (χ1v) is 16.0. The largest absolute Gasteiger partial charge is 0.497 e. The Balaban J connectivity index is 0.000000336. The molecule has 2 atom stereocenters. The van der Waals surface area contributed by atoms with E-state index in [1.54, 1.807) is 28.4 Å². The van der Waals surface area contributed by atoms with E-state index < -0.39 is 11.8 Å². The zero-order valence-corrected chi connectivity index (χ0v) is 30.0. The van der Waals surface area contributed by atoms with Crippen LogP contribution in [0.4, 0.5) is 5.69 Å². The molecule has 1 aliphatic carbocycles. The molecule has 0 aromatic heterocycles. The molecule has 0 bridgehead atoms. The quantitative estimate of drug-likeness (QED) is 0.115. The van der Waals surface area contributed by atoms with Crippen molar-refractivity contribution in [2.75, 3.05) is 74.9 Å². The summed E-state index contributed by atoms with van der Waals surface area (Å²) < 4.78 is 29.2. The maximum absolute atomic E-state index is 11.3. The van der Waals surface area contributed by atoms with Gasteiger partial charge in [0.1, 0.15) is 11.5 Å². The third-order valence-electron chi connectivity index (χ3n) is 7.39. The molecule has 3 aromatic rings. The lowest BCUT2D eigenvalue weighted by Gasteiger charge is -2.23. The highest BCUT2D eigenvalue weighted by molar-refractivity contribution is 5.82. The Bertz CT molecular complexity index is 1200. The van der Waals surface area contributed by atoms with Gasteiger partial charge in [-0.25, -0.2) is 0 Å². The number of unbranched alkanes of at least 4 members (excludes halogenated alkanes) is 1. The lowest BCUT2D eigenvalue weighted by atomic mass is 9.83. The van der Waals surface area contributed by atoms with Gasteiger partial charge in [0.05, 0.1) is 40.3 Å². The number of rotatable bonds is 12. The van der Waals surface area contributed by atoms with Crippen molar-refractivity contribution in [1.82, 2.24) is 0 Å². The molecule has 0 spiro atoms. The maximum Gasteiger partial charge on any atom is 0.309 e. The molecule has 0 fully saturated rings. The zero-order valence-electron chi connectivity index (χ0n) is 30.0. The molecule has 2 unspecified atom stereocenters. The molecule has 9 nitrogen and oxygen atoms in total. The topological polar surface area (TPSA) is 92.8 Å². The van der Waals surface area contributed by atoms with Crippen LogP contribution in [0, 0.1) is 11.8 Å². The molecule has 1 aliphatic rings. The summed E-state index contributed by atoms with van der Waals surface area (Å²) in [4.78, 5) is 24.8. The van der Waals surface area contributed by atoms with E-state index in [9.17, 15) is 9.59 Å². The Hall–Kier alpha value is -4.34. The molecule has 0 N–H and O–H groups in total. The molecular formula is C39H55NO8. The molecule has 3 aromatic carbocycles. The Morgan fingerprint density at radius 2 is 1.00 bits per heavy atom. The number of ether oxygens (including phenoxy) is 6. The summed E-state index contributed by atoms with van der Waals surface area (Å²) in [6.07, 6.45) is 8.00. The lowest BCUT2D eigenvalue weighted by molar-refractivity contribution is -0.157. The summed E-state index contributed by atoms with van der Waals surface area (Å²) >= 11 is 0. The normalized spacial score (nSPS) is 14.3. The number of hydrogen-bond acceptors (Lipinski definition) is 9. The number of methoxy groups -OCH3 is 6. The van der Waals surface area contributed by atoms with Crippen molar-refractivity contribution in [3.8, 4) is 11.5 Å². The molecule has 0 saturated heterocycles. The summed E-state index contributed by atoms with van der Waals surface area (Å²) in [5.41, 5.74) is 3.80. The van der Waals surface area contributed by atoms with Gasteiger partial charge in [-0.15, -0.1) is 0 Å². The predicted octanol–water partition coefficient (Wildman–Crippen LogP) is 7.02. The zero-order chi connectivity index (χ0) is 35.6. The van der Waals surface area contributed by atoms with E-state index in [2.05, 4.69) is 50.8 Å². The second-order valence-electron chi connectivity index (χ2n) is 11.0. The lowest BCUT2D eigenvalue weighted by Crippen LogP contribution is -2.32. The van der Waals surface area contributed by atoms with E-state index in [1.807, 2.05) is 68.7 Å². The second-order valence-corrected chi connectivity index (χ2v) is 11.0. The smallest absolute Gasteiger partial charge is 0.309 e. The Morgan fingerprint density at radius 1 is 0.604 bits per heavy atom. The van der Waals surface area contributed by atoms with E-state index >= 15 is 0 Å². The molecule has 9 heteroatoms. The maximum atomic E-state index is 11.3. The van der Waals surface area contributed by atoms with Crippen molar-refractivity contribution in [3.63, 3.8) is 0 Å². The summed E-state index contributed by atoms with van der Waals surface area (Å²) in [6, 6.07) is 26.5. The van der Waals surface area contributed by atoms with E-state index in [-0.39, 0.29) is 11.9 Å². The fraction of sp³-hybridized carbons (Fsp3) is 0.436. The third-order valence-corrected chi connectivity index (χ3v) is 7.39. The fourth-order valence-corrected chi connectivity index (χ4v) is 4.58. The van der Waals surface area contributed by atoms with Crippen molar-refractivity contribution in [2.24, 2.45) is 11.8 Å². The molecule has 0 aliphatic heterocycles. The van der Waals surface area contributed by atoms with Gasteiger partial charge in [-0.2, -0.15) is 0 Å². The van der Waals surface area contributed by atoms with Crippen LogP contribution in [-0.2, 0) is 35.0 Å². The Morgan fingerprint density at radius 3 is 1.29 bits per heavy atom. The first kappa shape index (κ1) is 41.7. The summed E-state index contributed by atoms with van der Waals surface area (Å²) in [5.74, 6) is 0.316. The van der Waals surface area contributed by atoms with Crippen LogP contribution in [0.1, 0.15) is 36.8 Å². The molecule has 0 amide bonds. The number of carbonyl (C=O) groups is 2. The van der Waals surface area contributed by atoms with Gasteiger partial charge in [-0.3, -0.25) is 9.59 Å². The minimum absolute atomic E-state index is 0.343. The van der Waals surface area contributed by atoms with Crippen LogP contribution in [-0.4, -0.2) is 81.9 Å². The predicted molar refractivity (Wildman–Crippen MR) is 192 cm³/mol.